The lowest BCUT2D eigenvalue weighted by Gasteiger charge is -2.21. The van der Waals surface area contributed by atoms with E-state index in [-0.39, 0.29) is 0 Å². The minimum Gasteiger partial charge on any atom is -0.0622 e. The van der Waals surface area contributed by atoms with Crippen LogP contribution in [0.3, 0.4) is 0 Å². The quantitative estimate of drug-likeness (QED) is 0.165. The summed E-state index contributed by atoms with van der Waals surface area (Å²) in [5, 5.41) is 10.2. The molecule has 0 bridgehead atoms. The van der Waals surface area contributed by atoms with Gasteiger partial charge >= 0.3 is 0 Å². The molecule has 0 saturated carbocycles. The van der Waals surface area contributed by atoms with Crippen LogP contribution in [0.25, 0.3) is 76.5 Å². The van der Waals surface area contributed by atoms with Gasteiger partial charge in [-0.15, -0.1) is 0 Å². The van der Waals surface area contributed by atoms with Crippen LogP contribution >= 0.6 is 0 Å². The van der Waals surface area contributed by atoms with Gasteiger partial charge in [-0.05, 0) is 88.6 Å². The highest BCUT2D eigenvalue weighted by molar-refractivity contribution is 6.28. The van der Waals surface area contributed by atoms with Crippen LogP contribution < -0.4 is 0 Å². The number of hydrogen-bond donors (Lipinski definition) is 0. The van der Waals surface area contributed by atoms with E-state index in [2.05, 4.69) is 158 Å². The molecule has 0 atom stereocenters. The molecule has 0 saturated heterocycles. The van der Waals surface area contributed by atoms with Crippen molar-refractivity contribution < 1.29 is 0 Å². The third kappa shape index (κ3) is 3.54. The Morgan fingerprint density at radius 1 is 0.275 bits per heavy atom. The maximum Gasteiger partial charge on any atom is -0.00141 e. The minimum absolute atomic E-state index is 1.23. The molecular formula is C40H26. The van der Waals surface area contributed by atoms with Gasteiger partial charge in [0.1, 0.15) is 0 Å². The molecule has 0 aliphatic rings. The molecule has 0 unspecified atom stereocenters. The minimum atomic E-state index is 1.23. The fraction of sp³-hybridized carbons (Fsp3) is 0. The monoisotopic (exact) mass is 506 g/mol. The van der Waals surface area contributed by atoms with E-state index in [0.29, 0.717) is 0 Å². The third-order valence-electron chi connectivity index (χ3n) is 8.22. The zero-order valence-corrected chi connectivity index (χ0v) is 22.0. The zero-order valence-electron chi connectivity index (χ0n) is 22.0. The van der Waals surface area contributed by atoms with Crippen LogP contribution in [0, 0.1) is 0 Å². The van der Waals surface area contributed by atoms with Crippen molar-refractivity contribution >= 4 is 43.1 Å². The second-order valence-electron chi connectivity index (χ2n) is 10.5. The van der Waals surface area contributed by atoms with Crippen molar-refractivity contribution in [1.82, 2.24) is 0 Å². The van der Waals surface area contributed by atoms with E-state index >= 15 is 0 Å². The maximum absolute atomic E-state index is 2.40. The molecule has 0 spiro atoms. The van der Waals surface area contributed by atoms with Gasteiger partial charge in [-0.1, -0.05) is 146 Å². The number of hydrogen-bond acceptors (Lipinski definition) is 0. The average Bonchev–Trinajstić information content (AvgIpc) is 3.03. The molecule has 0 nitrogen and oxygen atoms in total. The largest absolute Gasteiger partial charge is 0.0622 e. The van der Waals surface area contributed by atoms with Crippen molar-refractivity contribution in [3.8, 4) is 33.4 Å². The molecule has 0 aromatic heterocycles. The van der Waals surface area contributed by atoms with E-state index in [1.165, 1.54) is 76.5 Å². The van der Waals surface area contributed by atoms with Crippen molar-refractivity contribution in [3.05, 3.63) is 158 Å². The fourth-order valence-corrected chi connectivity index (χ4v) is 6.45. The second kappa shape index (κ2) is 9.22. The Morgan fingerprint density at radius 2 is 0.775 bits per heavy atom. The summed E-state index contributed by atoms with van der Waals surface area (Å²) in [4.78, 5) is 0. The highest BCUT2D eigenvalue weighted by Crippen LogP contribution is 2.48. The summed E-state index contributed by atoms with van der Waals surface area (Å²) in [6, 6.07) is 57.6. The van der Waals surface area contributed by atoms with E-state index in [9.17, 15) is 0 Å². The Labute approximate surface area is 233 Å². The summed E-state index contributed by atoms with van der Waals surface area (Å²) >= 11 is 0. The molecule has 8 rings (SSSR count). The molecule has 8 aromatic rings. The Morgan fingerprint density at radius 3 is 1.45 bits per heavy atom. The normalized spacial score (nSPS) is 11.5. The molecule has 0 amide bonds. The summed E-state index contributed by atoms with van der Waals surface area (Å²) in [6.07, 6.45) is 0. The standard InChI is InChI=1S/C40H26/c1-3-13-27(14-4-1)36-25-30-18-7-8-19-31(30)26-37(36)39-34-22-12-11-21-33(34)38(29-16-5-2-6-17-29)40-32-20-10-9-15-28(32)23-24-35(39)40/h1-26H. The van der Waals surface area contributed by atoms with Crippen LogP contribution in [-0.4, -0.2) is 0 Å². The lowest BCUT2D eigenvalue weighted by molar-refractivity contribution is 1.63. The highest BCUT2D eigenvalue weighted by atomic mass is 14.2. The number of fused-ring (bicyclic) bond motifs is 5. The molecule has 8 aromatic carbocycles. The van der Waals surface area contributed by atoms with Gasteiger partial charge in [0.15, 0.2) is 0 Å². The first kappa shape index (κ1) is 22.8. The third-order valence-corrected chi connectivity index (χ3v) is 8.22. The van der Waals surface area contributed by atoms with E-state index < -0.39 is 0 Å². The van der Waals surface area contributed by atoms with Crippen LogP contribution in [0.5, 0.6) is 0 Å². The summed E-state index contributed by atoms with van der Waals surface area (Å²) in [6.45, 7) is 0. The van der Waals surface area contributed by atoms with Crippen molar-refractivity contribution in [2.45, 2.75) is 0 Å². The Kier molecular flexibility index (Phi) is 5.24. The molecule has 0 heteroatoms. The van der Waals surface area contributed by atoms with Crippen molar-refractivity contribution in [3.63, 3.8) is 0 Å². The smallest absolute Gasteiger partial charge is 0.00141 e. The predicted octanol–water partition coefficient (Wildman–Crippen LogP) is 11.3. The predicted molar refractivity (Wildman–Crippen MR) is 173 cm³/mol. The first-order chi connectivity index (χ1) is 19.9. The van der Waals surface area contributed by atoms with Crippen LogP contribution in [0.4, 0.5) is 0 Å². The van der Waals surface area contributed by atoms with Gasteiger partial charge in [0, 0.05) is 0 Å². The van der Waals surface area contributed by atoms with Gasteiger partial charge in [0.2, 0.25) is 0 Å². The summed E-state index contributed by atoms with van der Waals surface area (Å²) < 4.78 is 0. The lowest BCUT2D eigenvalue weighted by Crippen LogP contribution is -1.94. The van der Waals surface area contributed by atoms with E-state index in [0.717, 1.165) is 0 Å². The first-order valence-corrected chi connectivity index (χ1v) is 13.9. The number of benzene rings is 8. The van der Waals surface area contributed by atoms with Crippen LogP contribution in [-0.2, 0) is 0 Å². The van der Waals surface area contributed by atoms with E-state index in [4.69, 9.17) is 0 Å². The van der Waals surface area contributed by atoms with Crippen LogP contribution in [0.1, 0.15) is 0 Å². The zero-order chi connectivity index (χ0) is 26.5. The molecule has 0 radical (unpaired) electrons. The van der Waals surface area contributed by atoms with E-state index in [1.807, 2.05) is 0 Å². The summed E-state index contributed by atoms with van der Waals surface area (Å²) in [7, 11) is 0. The van der Waals surface area contributed by atoms with Gasteiger partial charge in [-0.25, -0.2) is 0 Å². The van der Waals surface area contributed by atoms with Crippen LogP contribution in [0.15, 0.2) is 158 Å². The average molecular weight is 507 g/mol. The van der Waals surface area contributed by atoms with Gasteiger partial charge in [0.05, 0.1) is 0 Å². The van der Waals surface area contributed by atoms with Gasteiger partial charge in [-0.3, -0.25) is 0 Å². The summed E-state index contributed by atoms with van der Waals surface area (Å²) in [5.74, 6) is 0. The molecule has 0 heterocycles. The number of rotatable bonds is 3. The molecule has 40 heavy (non-hydrogen) atoms. The van der Waals surface area contributed by atoms with Crippen LogP contribution in [0.2, 0.25) is 0 Å². The maximum atomic E-state index is 2.40. The topological polar surface area (TPSA) is 0 Å². The molecule has 0 aliphatic heterocycles. The van der Waals surface area contributed by atoms with Crippen molar-refractivity contribution in [2.75, 3.05) is 0 Å². The van der Waals surface area contributed by atoms with Gasteiger partial charge in [0.25, 0.3) is 0 Å². The highest BCUT2D eigenvalue weighted by Gasteiger charge is 2.21. The van der Waals surface area contributed by atoms with Crippen molar-refractivity contribution in [1.29, 1.82) is 0 Å². The first-order valence-electron chi connectivity index (χ1n) is 13.9. The van der Waals surface area contributed by atoms with Crippen molar-refractivity contribution in [2.24, 2.45) is 0 Å². The molecule has 0 fully saturated rings. The molecular weight excluding hydrogens is 480 g/mol. The fourth-order valence-electron chi connectivity index (χ4n) is 6.45. The van der Waals surface area contributed by atoms with Gasteiger partial charge in [-0.2, -0.15) is 0 Å². The Hall–Kier alpha value is -5.20. The Bertz CT molecular complexity index is 2190. The van der Waals surface area contributed by atoms with E-state index in [1.54, 1.807) is 0 Å². The molecule has 186 valence electrons. The SMILES string of the molecule is c1ccc(-c2cc3ccccc3cc2-c2c3ccccc3c(-c3ccccc3)c3c2ccc2ccccc23)cc1. The molecule has 0 aliphatic carbocycles. The molecule has 0 N–H and O–H groups in total. The summed E-state index contributed by atoms with van der Waals surface area (Å²) in [5.41, 5.74) is 7.59. The van der Waals surface area contributed by atoms with Gasteiger partial charge < -0.3 is 0 Å². The Balaban J connectivity index is 1.63. The second-order valence-corrected chi connectivity index (χ2v) is 10.5. The lowest BCUT2D eigenvalue weighted by atomic mass is 9.81.